The van der Waals surface area contributed by atoms with E-state index in [4.69, 9.17) is 0 Å². The highest BCUT2D eigenvalue weighted by Crippen LogP contribution is 2.24. The maximum absolute atomic E-state index is 12.4. The molecule has 0 unspecified atom stereocenters. The standard InChI is InChI=1S/C23H24N4O2/c1-23(2,3)16-11-13-17(14-12-16)25-22(29)27-19-9-5-4-8-18(19)26-21(28)20-10-6-7-15-24-20/h4-15H,1-3H3,(H,26,28)(H2,25,27,29). The van der Waals surface area contributed by atoms with Gasteiger partial charge in [-0.25, -0.2) is 4.79 Å². The first-order chi connectivity index (χ1) is 13.8. The van der Waals surface area contributed by atoms with Gasteiger partial charge in [-0.3, -0.25) is 9.78 Å². The van der Waals surface area contributed by atoms with Crippen molar-refractivity contribution in [2.45, 2.75) is 26.2 Å². The monoisotopic (exact) mass is 388 g/mol. The molecule has 1 aromatic heterocycles. The van der Waals surface area contributed by atoms with Gasteiger partial charge in [-0.2, -0.15) is 0 Å². The van der Waals surface area contributed by atoms with Gasteiger partial charge < -0.3 is 16.0 Å². The lowest BCUT2D eigenvalue weighted by Gasteiger charge is -2.19. The zero-order chi connectivity index (χ0) is 20.9. The number of hydrogen-bond donors (Lipinski definition) is 3. The Labute approximate surface area is 170 Å². The lowest BCUT2D eigenvalue weighted by molar-refractivity contribution is 0.102. The van der Waals surface area contributed by atoms with Crippen LogP contribution in [-0.2, 0) is 5.41 Å². The van der Waals surface area contributed by atoms with E-state index in [1.807, 2.05) is 24.3 Å². The number of urea groups is 1. The highest BCUT2D eigenvalue weighted by Gasteiger charge is 2.14. The summed E-state index contributed by atoms with van der Waals surface area (Å²) in [6, 6.07) is 19.4. The van der Waals surface area contributed by atoms with E-state index in [2.05, 4.69) is 41.7 Å². The molecule has 0 saturated heterocycles. The summed E-state index contributed by atoms with van der Waals surface area (Å²) in [6.07, 6.45) is 1.55. The number of carbonyl (C=O) groups excluding carboxylic acids is 2. The molecule has 1 heterocycles. The molecule has 3 N–H and O–H groups in total. The predicted octanol–water partition coefficient (Wildman–Crippen LogP) is 5.28. The molecule has 0 radical (unpaired) electrons. The van der Waals surface area contributed by atoms with Gasteiger partial charge in [-0.05, 0) is 47.4 Å². The maximum Gasteiger partial charge on any atom is 0.323 e. The van der Waals surface area contributed by atoms with Gasteiger partial charge in [-0.15, -0.1) is 0 Å². The van der Waals surface area contributed by atoms with Crippen LogP contribution in [0.1, 0.15) is 36.8 Å². The molecule has 0 fully saturated rings. The Hall–Kier alpha value is -3.67. The largest absolute Gasteiger partial charge is 0.323 e. The molecule has 29 heavy (non-hydrogen) atoms. The van der Waals surface area contributed by atoms with Crippen LogP contribution < -0.4 is 16.0 Å². The molecule has 6 heteroatoms. The van der Waals surface area contributed by atoms with Crippen LogP contribution in [0.4, 0.5) is 21.9 Å². The Morgan fingerprint density at radius 3 is 1.97 bits per heavy atom. The molecule has 0 atom stereocenters. The SMILES string of the molecule is CC(C)(C)c1ccc(NC(=O)Nc2ccccc2NC(=O)c2ccccn2)cc1. The van der Waals surface area contributed by atoms with Crippen LogP contribution in [-0.4, -0.2) is 16.9 Å². The Morgan fingerprint density at radius 1 is 0.759 bits per heavy atom. The third-order valence-corrected chi connectivity index (χ3v) is 4.33. The Morgan fingerprint density at radius 2 is 1.38 bits per heavy atom. The second-order valence-electron chi connectivity index (χ2n) is 7.62. The summed E-state index contributed by atoms with van der Waals surface area (Å²) in [5.41, 5.74) is 3.19. The van der Waals surface area contributed by atoms with E-state index < -0.39 is 6.03 Å². The quantitative estimate of drug-likeness (QED) is 0.569. The molecule has 3 amide bonds. The molecule has 0 saturated carbocycles. The van der Waals surface area contributed by atoms with Gasteiger partial charge in [0, 0.05) is 11.9 Å². The number of hydrogen-bond acceptors (Lipinski definition) is 3. The molecule has 148 valence electrons. The number of para-hydroxylation sites is 2. The number of benzene rings is 2. The minimum Gasteiger partial charge on any atom is -0.319 e. The smallest absolute Gasteiger partial charge is 0.319 e. The topological polar surface area (TPSA) is 83.1 Å². The van der Waals surface area contributed by atoms with Crippen molar-refractivity contribution in [1.29, 1.82) is 0 Å². The molecule has 0 aliphatic rings. The number of nitrogens with one attached hydrogen (secondary N) is 3. The first-order valence-corrected chi connectivity index (χ1v) is 9.33. The lowest BCUT2D eigenvalue weighted by Crippen LogP contribution is -2.21. The number of rotatable bonds is 4. The normalized spacial score (nSPS) is 10.9. The van der Waals surface area contributed by atoms with E-state index in [1.54, 1.807) is 48.7 Å². The van der Waals surface area contributed by atoms with Crippen LogP contribution in [0.25, 0.3) is 0 Å². The van der Waals surface area contributed by atoms with Crippen LogP contribution in [0.3, 0.4) is 0 Å². The first kappa shape index (κ1) is 20.1. The average molecular weight is 388 g/mol. The first-order valence-electron chi connectivity index (χ1n) is 9.33. The minimum atomic E-state index is -0.395. The lowest BCUT2D eigenvalue weighted by atomic mass is 9.87. The van der Waals surface area contributed by atoms with Crippen LogP contribution in [0.2, 0.25) is 0 Å². The fraction of sp³-hybridized carbons (Fsp3) is 0.174. The summed E-state index contributed by atoms with van der Waals surface area (Å²) in [7, 11) is 0. The Bertz CT molecular complexity index is 993. The summed E-state index contributed by atoms with van der Waals surface area (Å²) in [5.74, 6) is -0.349. The number of carbonyl (C=O) groups is 2. The van der Waals surface area contributed by atoms with Crippen molar-refractivity contribution >= 4 is 29.0 Å². The van der Waals surface area contributed by atoms with Crippen LogP contribution in [0, 0.1) is 0 Å². The van der Waals surface area contributed by atoms with Gasteiger partial charge >= 0.3 is 6.03 Å². The van der Waals surface area contributed by atoms with Crippen molar-refractivity contribution in [3.63, 3.8) is 0 Å². The molecule has 3 rings (SSSR count). The number of aromatic nitrogens is 1. The van der Waals surface area contributed by atoms with E-state index >= 15 is 0 Å². The van der Waals surface area contributed by atoms with E-state index in [-0.39, 0.29) is 11.3 Å². The van der Waals surface area contributed by atoms with Crippen molar-refractivity contribution in [1.82, 2.24) is 4.98 Å². The highest BCUT2D eigenvalue weighted by molar-refractivity contribution is 6.07. The Balaban J connectivity index is 1.67. The van der Waals surface area contributed by atoms with Gasteiger partial charge in [0.15, 0.2) is 0 Å². The number of pyridine rings is 1. The van der Waals surface area contributed by atoms with Crippen molar-refractivity contribution in [2.75, 3.05) is 16.0 Å². The summed E-state index contributed by atoms with van der Waals surface area (Å²) < 4.78 is 0. The molecule has 0 spiro atoms. The van der Waals surface area contributed by atoms with E-state index in [0.29, 0.717) is 22.8 Å². The zero-order valence-corrected chi connectivity index (χ0v) is 16.7. The van der Waals surface area contributed by atoms with Gasteiger partial charge in [0.05, 0.1) is 11.4 Å². The molecule has 0 bridgehead atoms. The Kier molecular flexibility index (Phi) is 5.93. The van der Waals surface area contributed by atoms with E-state index in [9.17, 15) is 9.59 Å². The fourth-order valence-electron chi connectivity index (χ4n) is 2.72. The minimum absolute atomic E-state index is 0.0472. The summed E-state index contributed by atoms with van der Waals surface area (Å²) in [5, 5.41) is 8.36. The van der Waals surface area contributed by atoms with Gasteiger partial charge in [-0.1, -0.05) is 51.1 Å². The highest BCUT2D eigenvalue weighted by atomic mass is 16.2. The third kappa shape index (κ3) is 5.42. The zero-order valence-electron chi connectivity index (χ0n) is 16.7. The average Bonchev–Trinajstić information content (AvgIpc) is 2.70. The predicted molar refractivity (Wildman–Crippen MR) is 116 cm³/mol. The second kappa shape index (κ2) is 8.56. The van der Waals surface area contributed by atoms with Gasteiger partial charge in [0.1, 0.15) is 5.69 Å². The molecule has 0 aliphatic heterocycles. The molecule has 2 aromatic carbocycles. The van der Waals surface area contributed by atoms with Crippen molar-refractivity contribution in [2.24, 2.45) is 0 Å². The van der Waals surface area contributed by atoms with E-state index in [0.717, 1.165) is 0 Å². The third-order valence-electron chi connectivity index (χ3n) is 4.33. The van der Waals surface area contributed by atoms with Gasteiger partial charge in [0.25, 0.3) is 5.91 Å². The molecule has 6 nitrogen and oxygen atoms in total. The molecular weight excluding hydrogens is 364 g/mol. The number of nitrogens with zero attached hydrogens (tertiary/aromatic N) is 1. The number of amides is 3. The summed E-state index contributed by atoms with van der Waals surface area (Å²) in [4.78, 5) is 28.8. The fourth-order valence-corrected chi connectivity index (χ4v) is 2.72. The number of anilines is 3. The van der Waals surface area contributed by atoms with E-state index in [1.165, 1.54) is 5.56 Å². The maximum atomic E-state index is 12.4. The molecule has 3 aromatic rings. The summed E-state index contributed by atoms with van der Waals surface area (Å²) in [6.45, 7) is 6.41. The van der Waals surface area contributed by atoms with Crippen LogP contribution >= 0.6 is 0 Å². The second-order valence-corrected chi connectivity index (χ2v) is 7.62. The van der Waals surface area contributed by atoms with Crippen LogP contribution in [0.5, 0.6) is 0 Å². The summed E-state index contributed by atoms with van der Waals surface area (Å²) >= 11 is 0. The van der Waals surface area contributed by atoms with Gasteiger partial charge in [0.2, 0.25) is 0 Å². The van der Waals surface area contributed by atoms with Crippen molar-refractivity contribution in [3.05, 3.63) is 84.2 Å². The molecular formula is C23H24N4O2. The molecule has 0 aliphatic carbocycles. The van der Waals surface area contributed by atoms with Crippen LogP contribution in [0.15, 0.2) is 72.9 Å². The van der Waals surface area contributed by atoms with Crippen molar-refractivity contribution < 1.29 is 9.59 Å². The van der Waals surface area contributed by atoms with Crippen molar-refractivity contribution in [3.8, 4) is 0 Å².